The first kappa shape index (κ1) is 34.5. The number of allylic oxidation sites excluding steroid dienone is 1. The van der Waals surface area contributed by atoms with Crippen molar-refractivity contribution in [2.45, 2.75) is 85.3 Å². The SMILES string of the molecule is C=CNCC(O)CC(C=O)CC(C)(C)C.CCC/C(N)=C/N.CNCC1CCCN1c1ccc(C)cc1. The van der Waals surface area contributed by atoms with Gasteiger partial charge in [0.2, 0.25) is 0 Å². The van der Waals surface area contributed by atoms with E-state index in [0.717, 1.165) is 37.8 Å². The van der Waals surface area contributed by atoms with E-state index in [-0.39, 0.29) is 11.3 Å². The molecule has 0 aliphatic carbocycles. The Morgan fingerprint density at radius 1 is 1.30 bits per heavy atom. The number of benzene rings is 1. The molecule has 1 fully saturated rings. The number of nitrogens with zero attached hydrogens (tertiary/aromatic N) is 1. The lowest BCUT2D eigenvalue weighted by Crippen LogP contribution is -2.36. The maximum absolute atomic E-state index is 10.8. The van der Waals surface area contributed by atoms with Crippen LogP contribution in [0, 0.1) is 18.3 Å². The number of hydrogen-bond acceptors (Lipinski definition) is 7. The molecule has 0 bridgehead atoms. The number of anilines is 1. The van der Waals surface area contributed by atoms with E-state index in [4.69, 9.17) is 11.5 Å². The van der Waals surface area contributed by atoms with Crippen LogP contribution in [0.15, 0.2) is 48.9 Å². The summed E-state index contributed by atoms with van der Waals surface area (Å²) in [7, 11) is 2.03. The van der Waals surface area contributed by atoms with Crippen LogP contribution in [0.5, 0.6) is 0 Å². The van der Waals surface area contributed by atoms with E-state index >= 15 is 0 Å². The van der Waals surface area contributed by atoms with Gasteiger partial charge in [-0.15, -0.1) is 0 Å². The van der Waals surface area contributed by atoms with E-state index in [1.165, 1.54) is 36.8 Å². The van der Waals surface area contributed by atoms with Crippen molar-refractivity contribution in [3.8, 4) is 0 Å². The average Bonchev–Trinajstić information content (AvgIpc) is 3.31. The maximum Gasteiger partial charge on any atom is 0.123 e. The van der Waals surface area contributed by atoms with E-state index in [0.29, 0.717) is 19.0 Å². The van der Waals surface area contributed by atoms with Crippen molar-refractivity contribution < 1.29 is 9.90 Å². The second-order valence-electron chi connectivity index (χ2n) is 11.0. The first-order valence-corrected chi connectivity index (χ1v) is 13.6. The predicted octanol–water partition coefficient (Wildman–Crippen LogP) is 4.45. The quantitative estimate of drug-likeness (QED) is 0.260. The third-order valence-corrected chi connectivity index (χ3v) is 6.07. The first-order chi connectivity index (χ1) is 17.5. The molecule has 0 aromatic heterocycles. The largest absolute Gasteiger partial charge is 0.403 e. The summed E-state index contributed by atoms with van der Waals surface area (Å²) in [6, 6.07) is 9.55. The number of carbonyl (C=O) groups excluding carboxylic acids is 1. The number of nitrogens with one attached hydrogen (secondary N) is 2. The third-order valence-electron chi connectivity index (χ3n) is 6.07. The van der Waals surface area contributed by atoms with Crippen LogP contribution in [-0.4, -0.2) is 50.2 Å². The van der Waals surface area contributed by atoms with Crippen LogP contribution in [0.25, 0.3) is 0 Å². The second kappa shape index (κ2) is 19.6. The van der Waals surface area contributed by atoms with Crippen molar-refractivity contribution in [3.05, 3.63) is 54.5 Å². The van der Waals surface area contributed by atoms with Crippen LogP contribution >= 0.6 is 0 Å². The Hall–Kier alpha value is -2.51. The lowest BCUT2D eigenvalue weighted by molar-refractivity contribution is -0.112. The van der Waals surface area contributed by atoms with Gasteiger partial charge in [0.15, 0.2) is 0 Å². The molecule has 37 heavy (non-hydrogen) atoms. The van der Waals surface area contributed by atoms with E-state index < -0.39 is 6.10 Å². The number of rotatable bonds is 12. The molecule has 0 radical (unpaired) electrons. The number of likely N-dealkylation sites (N-methyl/N-ethyl adjacent to an activating group) is 1. The van der Waals surface area contributed by atoms with Gasteiger partial charge in [0.05, 0.1) is 6.10 Å². The van der Waals surface area contributed by atoms with E-state index in [1.807, 2.05) is 7.05 Å². The van der Waals surface area contributed by atoms with Gasteiger partial charge in [-0.25, -0.2) is 0 Å². The van der Waals surface area contributed by atoms with Crippen LogP contribution < -0.4 is 27.0 Å². The fourth-order valence-corrected chi connectivity index (χ4v) is 4.36. The number of hydrogen-bond donors (Lipinski definition) is 5. The molecule has 1 heterocycles. The molecule has 0 saturated carbocycles. The monoisotopic (exact) mass is 517 g/mol. The summed E-state index contributed by atoms with van der Waals surface area (Å²) in [5, 5.41) is 15.7. The topological polar surface area (TPSA) is 117 Å². The highest BCUT2D eigenvalue weighted by molar-refractivity contribution is 5.53. The summed E-state index contributed by atoms with van der Waals surface area (Å²) >= 11 is 0. The van der Waals surface area contributed by atoms with Gasteiger partial charge in [0.1, 0.15) is 6.29 Å². The number of aliphatic hydroxyl groups is 1. The Morgan fingerprint density at radius 2 is 1.95 bits per heavy atom. The smallest absolute Gasteiger partial charge is 0.123 e. The molecule has 3 atom stereocenters. The lowest BCUT2D eigenvalue weighted by Gasteiger charge is -2.26. The minimum atomic E-state index is -0.486. The van der Waals surface area contributed by atoms with E-state index in [2.05, 4.69) is 81.0 Å². The molecule has 7 heteroatoms. The van der Waals surface area contributed by atoms with Crippen molar-refractivity contribution in [3.63, 3.8) is 0 Å². The molecule has 0 spiro atoms. The molecular weight excluding hydrogens is 462 g/mol. The van der Waals surface area contributed by atoms with Crippen molar-refractivity contribution in [2.75, 3.05) is 31.6 Å². The van der Waals surface area contributed by atoms with Gasteiger partial charge in [-0.3, -0.25) is 0 Å². The fraction of sp³-hybridized carbons (Fsp3) is 0.633. The number of aryl methyl sites for hydroxylation is 1. The number of nitrogens with two attached hydrogens (primary N) is 2. The second-order valence-corrected chi connectivity index (χ2v) is 11.0. The van der Waals surface area contributed by atoms with Gasteiger partial charge >= 0.3 is 0 Å². The molecule has 7 N–H and O–H groups in total. The van der Waals surface area contributed by atoms with Gasteiger partial charge < -0.3 is 36.9 Å². The molecule has 1 saturated heterocycles. The molecule has 1 aliphatic heterocycles. The van der Waals surface area contributed by atoms with Crippen LogP contribution in [-0.2, 0) is 4.79 Å². The zero-order valence-corrected chi connectivity index (χ0v) is 24.3. The molecule has 3 unspecified atom stereocenters. The molecule has 7 nitrogen and oxygen atoms in total. The number of carbonyl (C=O) groups is 1. The molecule has 1 aliphatic rings. The predicted molar refractivity (Wildman–Crippen MR) is 159 cm³/mol. The normalized spacial score (nSPS) is 17.0. The first-order valence-electron chi connectivity index (χ1n) is 13.6. The highest BCUT2D eigenvalue weighted by Gasteiger charge is 2.23. The molecular formula is C30H55N5O2. The Balaban J connectivity index is 0.000000563. The summed E-state index contributed by atoms with van der Waals surface area (Å²) in [6.07, 6.45) is 9.39. The zero-order chi connectivity index (χ0) is 28.3. The summed E-state index contributed by atoms with van der Waals surface area (Å²) in [5.41, 5.74) is 14.0. The minimum absolute atomic E-state index is 0.0633. The lowest BCUT2D eigenvalue weighted by atomic mass is 9.83. The van der Waals surface area contributed by atoms with E-state index in [1.54, 1.807) is 6.20 Å². The van der Waals surface area contributed by atoms with Crippen LogP contribution in [0.3, 0.4) is 0 Å². The van der Waals surface area contributed by atoms with Crippen molar-refractivity contribution in [1.82, 2.24) is 10.6 Å². The summed E-state index contributed by atoms with van der Waals surface area (Å²) in [5.74, 6) is -0.0633. The Labute approximate surface area is 226 Å². The van der Waals surface area contributed by atoms with Crippen LogP contribution in [0.1, 0.15) is 71.8 Å². The van der Waals surface area contributed by atoms with Crippen molar-refractivity contribution in [1.29, 1.82) is 0 Å². The zero-order valence-electron chi connectivity index (χ0n) is 24.3. The molecule has 212 valence electrons. The summed E-state index contributed by atoms with van der Waals surface area (Å²) < 4.78 is 0. The Kier molecular flexibility index (Phi) is 18.3. The van der Waals surface area contributed by atoms with Gasteiger partial charge in [-0.05, 0) is 69.8 Å². The standard InChI is InChI=1S/C13H20N2.C12H23NO2.C5H12N2/c1-11-5-7-12(8-6-11)15-9-3-4-13(15)10-14-2;1-5-13-8-11(15)6-10(9-14)7-12(2,3)4;1-2-3-5(7)4-6/h5-8,13-14H,3-4,9-10H2,1-2H3;5,9-11,13,15H,1,6-8H2,2-4H3;4H,2-3,6-7H2,1H3/b;;5-4-. The number of aldehydes is 1. The van der Waals surface area contributed by atoms with Crippen LogP contribution in [0.2, 0.25) is 0 Å². The maximum atomic E-state index is 10.8. The van der Waals surface area contributed by atoms with Crippen molar-refractivity contribution in [2.24, 2.45) is 22.8 Å². The van der Waals surface area contributed by atoms with Gasteiger partial charge in [-0.1, -0.05) is 58.4 Å². The molecule has 2 rings (SSSR count). The number of aliphatic hydroxyl groups excluding tert-OH is 1. The highest BCUT2D eigenvalue weighted by atomic mass is 16.3. The highest BCUT2D eigenvalue weighted by Crippen LogP contribution is 2.26. The average molecular weight is 518 g/mol. The molecule has 1 aromatic rings. The van der Waals surface area contributed by atoms with E-state index in [9.17, 15) is 9.90 Å². The summed E-state index contributed by atoms with van der Waals surface area (Å²) in [4.78, 5) is 13.4. The summed E-state index contributed by atoms with van der Waals surface area (Å²) in [6.45, 7) is 16.7. The molecule has 0 amide bonds. The van der Waals surface area contributed by atoms with Crippen molar-refractivity contribution >= 4 is 12.0 Å². The third kappa shape index (κ3) is 16.8. The Morgan fingerprint density at radius 3 is 2.41 bits per heavy atom. The minimum Gasteiger partial charge on any atom is -0.403 e. The van der Waals surface area contributed by atoms with Gasteiger partial charge in [0.25, 0.3) is 0 Å². The fourth-order valence-electron chi connectivity index (χ4n) is 4.36. The van der Waals surface area contributed by atoms with Crippen LogP contribution in [0.4, 0.5) is 5.69 Å². The Bertz CT molecular complexity index is 758. The molecule has 1 aromatic carbocycles. The van der Waals surface area contributed by atoms with Gasteiger partial charge in [-0.2, -0.15) is 0 Å². The van der Waals surface area contributed by atoms with Gasteiger partial charge in [0, 0.05) is 49.2 Å².